The Morgan fingerprint density at radius 1 is 1.64 bits per heavy atom. The van der Waals surface area contributed by atoms with E-state index in [0.29, 0.717) is 0 Å². The van der Waals surface area contributed by atoms with E-state index >= 15 is 0 Å². The lowest BCUT2D eigenvalue weighted by molar-refractivity contribution is 0.0964. The van der Waals surface area contributed by atoms with Gasteiger partial charge in [-0.15, -0.1) is 0 Å². The first-order valence-electron chi connectivity index (χ1n) is 3.91. The third-order valence-electron chi connectivity index (χ3n) is 1.72. The van der Waals surface area contributed by atoms with Gasteiger partial charge in [-0.1, -0.05) is 0 Å². The van der Waals surface area contributed by atoms with Gasteiger partial charge in [-0.25, -0.2) is 4.39 Å². The van der Waals surface area contributed by atoms with Crippen LogP contribution in [0.2, 0.25) is 0 Å². The molecule has 1 atom stereocenters. The summed E-state index contributed by atoms with van der Waals surface area (Å²) < 4.78 is 13.5. The summed E-state index contributed by atoms with van der Waals surface area (Å²) in [7, 11) is 0. The summed E-state index contributed by atoms with van der Waals surface area (Å²) in [5.41, 5.74) is 5.21. The number of nitrogens with two attached hydrogens (primary N) is 1. The SMILES string of the molecule is CC(N)C(=O)c1cc(Br)c(O)cc1F. The van der Waals surface area contributed by atoms with Crippen LogP contribution in [0.25, 0.3) is 0 Å². The molecule has 3 nitrogen and oxygen atoms in total. The normalized spacial score (nSPS) is 12.6. The van der Waals surface area contributed by atoms with Crippen LogP contribution in [0.5, 0.6) is 5.75 Å². The molecule has 0 spiro atoms. The minimum Gasteiger partial charge on any atom is -0.507 e. The summed E-state index contributed by atoms with van der Waals surface area (Å²) in [6.45, 7) is 1.47. The topological polar surface area (TPSA) is 63.3 Å². The summed E-state index contributed by atoms with van der Waals surface area (Å²) in [6.07, 6.45) is 0. The van der Waals surface area contributed by atoms with Gasteiger partial charge < -0.3 is 10.8 Å². The van der Waals surface area contributed by atoms with E-state index in [4.69, 9.17) is 10.8 Å². The fraction of sp³-hybridized carbons (Fsp3) is 0.222. The highest BCUT2D eigenvalue weighted by Gasteiger charge is 2.17. The molecule has 0 aromatic heterocycles. The molecule has 5 heteroatoms. The molecule has 1 aromatic rings. The van der Waals surface area contributed by atoms with E-state index in [0.717, 1.165) is 6.07 Å². The van der Waals surface area contributed by atoms with Crippen LogP contribution in [0.3, 0.4) is 0 Å². The number of phenols is 1. The van der Waals surface area contributed by atoms with Crippen LogP contribution in [0.1, 0.15) is 17.3 Å². The second kappa shape index (κ2) is 4.06. The van der Waals surface area contributed by atoms with Gasteiger partial charge in [0.2, 0.25) is 0 Å². The molecule has 0 bridgehead atoms. The molecule has 0 aliphatic rings. The van der Waals surface area contributed by atoms with E-state index in [-0.39, 0.29) is 15.8 Å². The van der Waals surface area contributed by atoms with E-state index in [1.165, 1.54) is 13.0 Å². The van der Waals surface area contributed by atoms with Crippen molar-refractivity contribution in [3.05, 3.63) is 28.0 Å². The van der Waals surface area contributed by atoms with Crippen LogP contribution in [0.15, 0.2) is 16.6 Å². The zero-order valence-electron chi connectivity index (χ0n) is 7.42. The molecule has 0 amide bonds. The molecular formula is C9H9BrFNO2. The number of carbonyl (C=O) groups is 1. The van der Waals surface area contributed by atoms with Gasteiger partial charge in [0, 0.05) is 6.07 Å². The van der Waals surface area contributed by atoms with Crippen LogP contribution in [-0.4, -0.2) is 16.9 Å². The molecule has 0 radical (unpaired) electrons. The zero-order valence-corrected chi connectivity index (χ0v) is 9.01. The van der Waals surface area contributed by atoms with Crippen molar-refractivity contribution in [3.63, 3.8) is 0 Å². The molecule has 1 aromatic carbocycles. The molecule has 0 saturated carbocycles. The molecule has 0 heterocycles. The van der Waals surface area contributed by atoms with Gasteiger partial charge in [-0.3, -0.25) is 4.79 Å². The fourth-order valence-corrected chi connectivity index (χ4v) is 1.31. The van der Waals surface area contributed by atoms with Gasteiger partial charge in [-0.2, -0.15) is 0 Å². The third-order valence-corrected chi connectivity index (χ3v) is 2.35. The monoisotopic (exact) mass is 261 g/mol. The van der Waals surface area contributed by atoms with E-state index in [9.17, 15) is 9.18 Å². The number of Topliss-reactive ketones (excluding diaryl/α,β-unsaturated/α-hetero) is 1. The summed E-state index contributed by atoms with van der Waals surface area (Å²) in [6, 6.07) is 1.33. The smallest absolute Gasteiger partial charge is 0.182 e. The number of hydrogen-bond acceptors (Lipinski definition) is 3. The number of rotatable bonds is 2. The molecular weight excluding hydrogens is 253 g/mol. The van der Waals surface area contributed by atoms with Crippen molar-refractivity contribution in [2.45, 2.75) is 13.0 Å². The molecule has 3 N–H and O–H groups in total. The fourth-order valence-electron chi connectivity index (χ4n) is 0.970. The van der Waals surface area contributed by atoms with Crippen LogP contribution < -0.4 is 5.73 Å². The largest absolute Gasteiger partial charge is 0.507 e. The van der Waals surface area contributed by atoms with Crippen LogP contribution in [0, 0.1) is 5.82 Å². The maximum absolute atomic E-state index is 13.2. The average Bonchev–Trinajstić information content (AvgIpc) is 2.10. The van der Waals surface area contributed by atoms with Gasteiger partial charge >= 0.3 is 0 Å². The highest BCUT2D eigenvalue weighted by molar-refractivity contribution is 9.10. The Labute approximate surface area is 88.9 Å². The summed E-state index contributed by atoms with van der Waals surface area (Å²) in [4.78, 5) is 11.4. The van der Waals surface area contributed by atoms with Gasteiger partial charge in [0.25, 0.3) is 0 Å². The number of ketones is 1. The molecule has 0 saturated heterocycles. The lowest BCUT2D eigenvalue weighted by Gasteiger charge is -2.07. The van der Waals surface area contributed by atoms with Gasteiger partial charge in [0.15, 0.2) is 5.78 Å². The molecule has 0 fully saturated rings. The second-order valence-corrected chi connectivity index (χ2v) is 3.79. The lowest BCUT2D eigenvalue weighted by Crippen LogP contribution is -2.27. The number of carbonyl (C=O) groups excluding carboxylic acids is 1. The first kappa shape index (κ1) is 11.1. The Bertz CT molecular complexity index is 379. The molecule has 1 rings (SSSR count). The number of hydrogen-bond donors (Lipinski definition) is 2. The number of halogens is 2. The van der Waals surface area contributed by atoms with Crippen molar-refractivity contribution in [1.82, 2.24) is 0 Å². The molecule has 14 heavy (non-hydrogen) atoms. The highest BCUT2D eigenvalue weighted by atomic mass is 79.9. The highest BCUT2D eigenvalue weighted by Crippen LogP contribution is 2.27. The predicted octanol–water partition coefficient (Wildman–Crippen LogP) is 1.82. The van der Waals surface area contributed by atoms with E-state index < -0.39 is 17.6 Å². The summed E-state index contributed by atoms with van der Waals surface area (Å²) >= 11 is 2.99. The Morgan fingerprint density at radius 2 is 2.21 bits per heavy atom. The van der Waals surface area contributed by atoms with Crippen molar-refractivity contribution in [2.75, 3.05) is 0 Å². The second-order valence-electron chi connectivity index (χ2n) is 2.94. The summed E-state index contributed by atoms with van der Waals surface area (Å²) in [5.74, 6) is -1.51. The molecule has 76 valence electrons. The van der Waals surface area contributed by atoms with Crippen molar-refractivity contribution >= 4 is 21.7 Å². The van der Waals surface area contributed by atoms with E-state index in [2.05, 4.69) is 15.9 Å². The van der Waals surface area contributed by atoms with Crippen molar-refractivity contribution in [3.8, 4) is 5.75 Å². The Hall–Kier alpha value is -0.940. The Morgan fingerprint density at radius 3 is 2.71 bits per heavy atom. The Kier molecular flexibility index (Phi) is 3.23. The van der Waals surface area contributed by atoms with E-state index in [1.807, 2.05) is 0 Å². The van der Waals surface area contributed by atoms with Crippen molar-refractivity contribution in [2.24, 2.45) is 5.73 Å². The van der Waals surface area contributed by atoms with Gasteiger partial charge in [0.05, 0.1) is 16.1 Å². The average molecular weight is 262 g/mol. The Balaban J connectivity index is 3.22. The van der Waals surface area contributed by atoms with Crippen molar-refractivity contribution < 1.29 is 14.3 Å². The van der Waals surface area contributed by atoms with Crippen LogP contribution >= 0.6 is 15.9 Å². The molecule has 0 aliphatic heterocycles. The first-order valence-corrected chi connectivity index (χ1v) is 4.70. The number of phenolic OH excluding ortho intramolecular Hbond substituents is 1. The maximum atomic E-state index is 13.2. The first-order chi connectivity index (χ1) is 6.43. The number of aromatic hydroxyl groups is 1. The van der Waals surface area contributed by atoms with E-state index in [1.54, 1.807) is 0 Å². The van der Waals surface area contributed by atoms with Gasteiger partial charge in [0.1, 0.15) is 11.6 Å². The quantitative estimate of drug-likeness (QED) is 0.799. The predicted molar refractivity (Wildman–Crippen MR) is 53.7 cm³/mol. The molecule has 1 unspecified atom stereocenters. The standard InChI is InChI=1S/C9H9BrFNO2/c1-4(12)9(14)5-2-6(10)8(13)3-7(5)11/h2-4,13H,12H2,1H3. The summed E-state index contributed by atoms with van der Waals surface area (Å²) in [5, 5.41) is 9.12. The third kappa shape index (κ3) is 2.10. The minimum atomic E-state index is -0.770. The number of benzene rings is 1. The lowest BCUT2D eigenvalue weighted by atomic mass is 10.1. The zero-order chi connectivity index (χ0) is 10.9. The van der Waals surface area contributed by atoms with Crippen LogP contribution in [-0.2, 0) is 0 Å². The maximum Gasteiger partial charge on any atom is 0.182 e. The molecule has 0 aliphatic carbocycles. The minimum absolute atomic E-state index is 0.121. The van der Waals surface area contributed by atoms with Gasteiger partial charge in [-0.05, 0) is 28.9 Å². The van der Waals surface area contributed by atoms with Crippen molar-refractivity contribution in [1.29, 1.82) is 0 Å². The van der Waals surface area contributed by atoms with Crippen LogP contribution in [0.4, 0.5) is 4.39 Å².